The summed E-state index contributed by atoms with van der Waals surface area (Å²) in [4.78, 5) is 17.9. The van der Waals surface area contributed by atoms with E-state index >= 15 is 0 Å². The number of nitrogens with zero attached hydrogens (tertiary/aromatic N) is 2. The predicted octanol–water partition coefficient (Wildman–Crippen LogP) is 5.60. The molecule has 1 unspecified atom stereocenters. The Hall–Kier alpha value is -3.41. The van der Waals surface area contributed by atoms with Crippen LogP contribution in [-0.2, 0) is 0 Å². The lowest BCUT2D eigenvalue weighted by atomic mass is 10.0. The predicted molar refractivity (Wildman–Crippen MR) is 115 cm³/mol. The van der Waals surface area contributed by atoms with E-state index in [1.165, 1.54) is 5.56 Å². The topological polar surface area (TPSA) is 81.2 Å². The number of hydrogen-bond acceptors (Lipinski definition) is 5. The number of benzene rings is 1. The Morgan fingerprint density at radius 3 is 2.47 bits per heavy atom. The quantitative estimate of drug-likeness (QED) is 0.469. The van der Waals surface area contributed by atoms with E-state index in [-0.39, 0.29) is 11.9 Å². The summed E-state index contributed by atoms with van der Waals surface area (Å²) in [6.07, 6.45) is 0.776. The van der Waals surface area contributed by atoms with Crippen molar-refractivity contribution in [2.24, 2.45) is 0 Å². The Labute approximate surface area is 175 Å². The molecule has 1 N–H and O–H groups in total. The summed E-state index contributed by atoms with van der Waals surface area (Å²) < 4.78 is 11.1. The van der Waals surface area contributed by atoms with Crippen LogP contribution in [-0.4, -0.2) is 16.0 Å². The number of nitrogens with one attached hydrogen (secondary N) is 1. The van der Waals surface area contributed by atoms with Crippen LogP contribution in [0, 0.1) is 27.7 Å². The van der Waals surface area contributed by atoms with Gasteiger partial charge in [-0.1, -0.05) is 41.9 Å². The highest BCUT2D eigenvalue weighted by atomic mass is 16.5. The largest absolute Gasteiger partial charge is 0.466 e. The zero-order valence-electron chi connectivity index (χ0n) is 17.9. The first-order valence-corrected chi connectivity index (χ1v) is 10.1. The first kappa shape index (κ1) is 19.9. The van der Waals surface area contributed by atoms with Gasteiger partial charge in [0.1, 0.15) is 11.5 Å². The summed E-state index contributed by atoms with van der Waals surface area (Å²) in [5, 5.41) is 7.83. The van der Waals surface area contributed by atoms with Gasteiger partial charge in [0.05, 0.1) is 28.4 Å². The van der Waals surface area contributed by atoms with Crippen LogP contribution in [0.3, 0.4) is 0 Å². The maximum absolute atomic E-state index is 13.4. The van der Waals surface area contributed by atoms with Gasteiger partial charge in [-0.25, -0.2) is 4.98 Å². The SMILES string of the molecule is CCC(NC(=O)c1cc(-c2cc(C)oc2C)nc2onc(C)c12)c1ccc(C)cc1. The molecule has 30 heavy (non-hydrogen) atoms. The molecule has 0 fully saturated rings. The van der Waals surface area contributed by atoms with Crippen LogP contribution in [0.2, 0.25) is 0 Å². The second-order valence-corrected chi connectivity index (χ2v) is 7.68. The van der Waals surface area contributed by atoms with E-state index in [4.69, 9.17) is 8.94 Å². The normalized spacial score (nSPS) is 12.3. The third-order valence-electron chi connectivity index (χ3n) is 5.37. The lowest BCUT2D eigenvalue weighted by Gasteiger charge is -2.18. The van der Waals surface area contributed by atoms with Gasteiger partial charge in [0.25, 0.3) is 11.6 Å². The first-order valence-electron chi connectivity index (χ1n) is 10.1. The van der Waals surface area contributed by atoms with Gasteiger partial charge in [-0.3, -0.25) is 4.79 Å². The van der Waals surface area contributed by atoms with Crippen molar-refractivity contribution in [2.75, 3.05) is 0 Å². The van der Waals surface area contributed by atoms with Crippen LogP contribution in [0.5, 0.6) is 0 Å². The van der Waals surface area contributed by atoms with Gasteiger partial charge in [-0.15, -0.1) is 0 Å². The van der Waals surface area contributed by atoms with Crippen LogP contribution in [0.1, 0.15) is 58.1 Å². The molecule has 3 heterocycles. The number of aromatic nitrogens is 2. The number of rotatable bonds is 5. The second kappa shape index (κ2) is 7.78. The molecule has 6 nitrogen and oxygen atoms in total. The highest BCUT2D eigenvalue weighted by Crippen LogP contribution is 2.31. The number of fused-ring (bicyclic) bond motifs is 1. The third-order valence-corrected chi connectivity index (χ3v) is 5.37. The molecule has 6 heteroatoms. The number of amides is 1. The molecule has 4 aromatic rings. The van der Waals surface area contributed by atoms with Crippen molar-refractivity contribution < 1.29 is 13.7 Å². The third kappa shape index (κ3) is 3.61. The highest BCUT2D eigenvalue weighted by molar-refractivity contribution is 6.07. The fourth-order valence-electron chi connectivity index (χ4n) is 3.75. The lowest BCUT2D eigenvalue weighted by molar-refractivity contribution is 0.0937. The van der Waals surface area contributed by atoms with E-state index in [1.807, 2.05) is 33.8 Å². The Bertz CT molecular complexity index is 1220. The molecular weight excluding hydrogens is 378 g/mol. The molecule has 1 atom stereocenters. The molecule has 0 aliphatic heterocycles. The van der Waals surface area contributed by atoms with E-state index in [0.717, 1.165) is 29.1 Å². The van der Waals surface area contributed by atoms with Crippen molar-refractivity contribution in [1.29, 1.82) is 0 Å². The van der Waals surface area contributed by atoms with Gasteiger partial charge in [-0.2, -0.15) is 0 Å². The molecule has 0 radical (unpaired) electrons. The van der Waals surface area contributed by atoms with E-state index in [2.05, 4.69) is 46.6 Å². The van der Waals surface area contributed by atoms with E-state index in [0.29, 0.717) is 28.1 Å². The average molecular weight is 403 g/mol. The zero-order chi connectivity index (χ0) is 21.4. The number of hydrogen-bond donors (Lipinski definition) is 1. The summed E-state index contributed by atoms with van der Waals surface area (Å²) in [7, 11) is 0. The number of carbonyl (C=O) groups is 1. The molecule has 4 rings (SSSR count). The summed E-state index contributed by atoms with van der Waals surface area (Å²) in [5.74, 6) is 1.35. The fourth-order valence-corrected chi connectivity index (χ4v) is 3.75. The van der Waals surface area contributed by atoms with Gasteiger partial charge in [0.2, 0.25) is 0 Å². The zero-order valence-corrected chi connectivity index (χ0v) is 17.9. The van der Waals surface area contributed by atoms with Crippen molar-refractivity contribution in [3.8, 4) is 11.3 Å². The summed E-state index contributed by atoms with van der Waals surface area (Å²) in [5.41, 5.74) is 5.20. The maximum Gasteiger partial charge on any atom is 0.259 e. The summed E-state index contributed by atoms with van der Waals surface area (Å²) in [6.45, 7) is 9.68. The molecule has 0 saturated heterocycles. The van der Waals surface area contributed by atoms with Crippen LogP contribution >= 0.6 is 0 Å². The Balaban J connectivity index is 1.76. The number of furan rings is 1. The molecule has 0 saturated carbocycles. The smallest absolute Gasteiger partial charge is 0.259 e. The van der Waals surface area contributed by atoms with Crippen LogP contribution < -0.4 is 5.32 Å². The summed E-state index contributed by atoms with van der Waals surface area (Å²) >= 11 is 0. The molecule has 1 aromatic carbocycles. The van der Waals surface area contributed by atoms with Crippen molar-refractivity contribution in [3.05, 3.63) is 70.3 Å². The minimum absolute atomic E-state index is 0.0946. The van der Waals surface area contributed by atoms with E-state index in [9.17, 15) is 4.79 Å². The number of pyridine rings is 1. The minimum atomic E-state index is -0.180. The molecule has 1 amide bonds. The Morgan fingerprint density at radius 2 is 1.83 bits per heavy atom. The van der Waals surface area contributed by atoms with Crippen molar-refractivity contribution in [2.45, 2.75) is 47.1 Å². The summed E-state index contributed by atoms with van der Waals surface area (Å²) in [6, 6.07) is 11.8. The Morgan fingerprint density at radius 1 is 1.10 bits per heavy atom. The molecular formula is C24H25N3O3. The van der Waals surface area contributed by atoms with Crippen LogP contribution in [0.4, 0.5) is 0 Å². The van der Waals surface area contributed by atoms with Crippen molar-refractivity contribution in [1.82, 2.24) is 15.5 Å². The van der Waals surface area contributed by atoms with Gasteiger partial charge >= 0.3 is 0 Å². The first-order chi connectivity index (χ1) is 14.4. The van der Waals surface area contributed by atoms with E-state index in [1.54, 1.807) is 6.07 Å². The minimum Gasteiger partial charge on any atom is -0.466 e. The molecule has 154 valence electrons. The van der Waals surface area contributed by atoms with Crippen molar-refractivity contribution >= 4 is 17.0 Å². The van der Waals surface area contributed by atoms with Gasteiger partial charge < -0.3 is 14.3 Å². The second-order valence-electron chi connectivity index (χ2n) is 7.68. The molecule has 0 aliphatic rings. The van der Waals surface area contributed by atoms with Gasteiger partial charge in [0.15, 0.2) is 0 Å². The fraction of sp³-hybridized carbons (Fsp3) is 0.292. The molecule has 0 aliphatic carbocycles. The monoisotopic (exact) mass is 403 g/mol. The van der Waals surface area contributed by atoms with E-state index < -0.39 is 0 Å². The van der Waals surface area contributed by atoms with Crippen molar-refractivity contribution in [3.63, 3.8) is 0 Å². The highest BCUT2D eigenvalue weighted by Gasteiger charge is 2.23. The van der Waals surface area contributed by atoms with Gasteiger partial charge in [-0.05, 0) is 51.8 Å². The van der Waals surface area contributed by atoms with Crippen LogP contribution in [0.25, 0.3) is 22.4 Å². The van der Waals surface area contributed by atoms with Gasteiger partial charge in [0, 0.05) is 5.56 Å². The Kier molecular flexibility index (Phi) is 5.16. The maximum atomic E-state index is 13.4. The molecule has 0 spiro atoms. The number of aryl methyl sites for hydroxylation is 4. The van der Waals surface area contributed by atoms with Crippen LogP contribution in [0.15, 0.2) is 45.3 Å². The average Bonchev–Trinajstić information content (AvgIpc) is 3.27. The molecule has 0 bridgehead atoms. The number of carbonyl (C=O) groups excluding carboxylic acids is 1. The lowest BCUT2D eigenvalue weighted by Crippen LogP contribution is -2.28. The standard InChI is InChI=1S/C24H25N3O3/c1-6-20(17-9-7-13(2)8-10-17)25-23(28)19-12-21(18-11-14(3)29-16(18)5)26-24-22(19)15(4)27-30-24/h7-12,20H,6H2,1-5H3,(H,25,28). The molecule has 3 aromatic heterocycles.